The lowest BCUT2D eigenvalue weighted by Crippen LogP contribution is -2.12. The zero-order valence-electron chi connectivity index (χ0n) is 12.8. The molecule has 1 amide bonds. The normalized spacial score (nSPS) is 10.9. The standard InChI is InChI=1S/C15H16N4O2S2/c1-3-11-9(2)23-15(16-11)17-12(20)4-5-13-18-19-14(21-13)10-6-7-22-8-10/h6-8H,3-5H2,1-2H3,(H,16,17,20). The predicted molar refractivity (Wildman–Crippen MR) is 90.8 cm³/mol. The van der Waals surface area contributed by atoms with Crippen molar-refractivity contribution in [2.45, 2.75) is 33.1 Å². The van der Waals surface area contributed by atoms with E-state index in [0.717, 1.165) is 22.6 Å². The van der Waals surface area contributed by atoms with Gasteiger partial charge in [-0.05, 0) is 24.8 Å². The molecule has 0 atom stereocenters. The van der Waals surface area contributed by atoms with Crippen molar-refractivity contribution in [3.63, 3.8) is 0 Å². The molecule has 120 valence electrons. The van der Waals surface area contributed by atoms with Gasteiger partial charge >= 0.3 is 0 Å². The molecule has 3 aromatic rings. The molecule has 3 rings (SSSR count). The number of thiazole rings is 1. The van der Waals surface area contributed by atoms with Gasteiger partial charge in [0.2, 0.25) is 17.7 Å². The molecule has 0 saturated carbocycles. The van der Waals surface area contributed by atoms with Crippen LogP contribution in [0.25, 0.3) is 11.5 Å². The second kappa shape index (κ2) is 7.01. The van der Waals surface area contributed by atoms with E-state index in [2.05, 4.69) is 20.5 Å². The maximum Gasteiger partial charge on any atom is 0.248 e. The van der Waals surface area contributed by atoms with Gasteiger partial charge in [0.1, 0.15) is 0 Å². The third-order valence-electron chi connectivity index (χ3n) is 3.27. The van der Waals surface area contributed by atoms with Crippen LogP contribution in [0.4, 0.5) is 5.13 Å². The summed E-state index contributed by atoms with van der Waals surface area (Å²) in [6.07, 6.45) is 1.56. The van der Waals surface area contributed by atoms with E-state index < -0.39 is 0 Å². The molecular weight excluding hydrogens is 332 g/mol. The molecule has 0 radical (unpaired) electrons. The van der Waals surface area contributed by atoms with Crippen LogP contribution in [0.3, 0.4) is 0 Å². The number of hydrogen-bond donors (Lipinski definition) is 1. The number of rotatable bonds is 6. The molecule has 1 N–H and O–H groups in total. The third kappa shape index (κ3) is 3.83. The molecule has 0 aliphatic heterocycles. The van der Waals surface area contributed by atoms with Crippen LogP contribution < -0.4 is 5.32 Å². The molecule has 0 fully saturated rings. The van der Waals surface area contributed by atoms with Gasteiger partial charge in [0.15, 0.2) is 5.13 Å². The fourth-order valence-corrected chi connectivity index (χ4v) is 3.62. The van der Waals surface area contributed by atoms with Crippen molar-refractivity contribution in [3.05, 3.63) is 33.3 Å². The van der Waals surface area contributed by atoms with Crippen molar-refractivity contribution in [3.8, 4) is 11.5 Å². The summed E-state index contributed by atoms with van der Waals surface area (Å²) in [6, 6.07) is 1.92. The molecule has 0 unspecified atom stereocenters. The van der Waals surface area contributed by atoms with Crippen LogP contribution in [-0.2, 0) is 17.6 Å². The minimum atomic E-state index is -0.100. The number of anilines is 1. The molecule has 0 aliphatic rings. The largest absolute Gasteiger partial charge is 0.421 e. The fraction of sp³-hybridized carbons (Fsp3) is 0.333. The van der Waals surface area contributed by atoms with Gasteiger partial charge in [-0.2, -0.15) is 11.3 Å². The quantitative estimate of drug-likeness (QED) is 0.734. The number of carbonyl (C=O) groups excluding carboxylic acids is 1. The number of aromatic nitrogens is 3. The number of nitrogens with zero attached hydrogens (tertiary/aromatic N) is 3. The Hall–Kier alpha value is -2.06. The highest BCUT2D eigenvalue weighted by Crippen LogP contribution is 2.23. The van der Waals surface area contributed by atoms with E-state index in [4.69, 9.17) is 4.42 Å². The van der Waals surface area contributed by atoms with E-state index in [-0.39, 0.29) is 12.3 Å². The number of hydrogen-bond acceptors (Lipinski definition) is 7. The second-order valence-electron chi connectivity index (χ2n) is 4.94. The van der Waals surface area contributed by atoms with Crippen LogP contribution in [0.5, 0.6) is 0 Å². The maximum atomic E-state index is 12.0. The van der Waals surface area contributed by atoms with Crippen LogP contribution in [0.2, 0.25) is 0 Å². The van der Waals surface area contributed by atoms with Gasteiger partial charge in [0.05, 0.1) is 5.69 Å². The summed E-state index contributed by atoms with van der Waals surface area (Å²) < 4.78 is 5.56. The van der Waals surface area contributed by atoms with Crippen LogP contribution in [0.1, 0.15) is 29.8 Å². The van der Waals surface area contributed by atoms with Gasteiger partial charge in [-0.1, -0.05) is 6.92 Å². The molecule has 0 aliphatic carbocycles. The van der Waals surface area contributed by atoms with Gasteiger partial charge in [0.25, 0.3) is 0 Å². The summed E-state index contributed by atoms with van der Waals surface area (Å²) in [5.41, 5.74) is 1.94. The highest BCUT2D eigenvalue weighted by molar-refractivity contribution is 7.15. The van der Waals surface area contributed by atoms with E-state index in [1.807, 2.05) is 30.7 Å². The summed E-state index contributed by atoms with van der Waals surface area (Å²) in [5.74, 6) is 0.854. The Morgan fingerprint density at radius 3 is 2.96 bits per heavy atom. The van der Waals surface area contributed by atoms with Crippen molar-refractivity contribution in [2.24, 2.45) is 0 Å². The highest BCUT2D eigenvalue weighted by Gasteiger charge is 2.13. The van der Waals surface area contributed by atoms with Crippen LogP contribution in [-0.4, -0.2) is 21.1 Å². The average Bonchev–Trinajstić information content (AvgIpc) is 3.25. The van der Waals surface area contributed by atoms with E-state index in [9.17, 15) is 4.79 Å². The zero-order valence-corrected chi connectivity index (χ0v) is 14.5. The van der Waals surface area contributed by atoms with Gasteiger partial charge in [0, 0.05) is 28.7 Å². The molecule has 3 heterocycles. The van der Waals surface area contributed by atoms with Crippen molar-refractivity contribution in [2.75, 3.05) is 5.32 Å². The summed E-state index contributed by atoms with van der Waals surface area (Å²) in [5, 5.41) is 15.3. The second-order valence-corrected chi connectivity index (χ2v) is 6.92. The minimum absolute atomic E-state index is 0.100. The third-order valence-corrected chi connectivity index (χ3v) is 4.89. The average molecular weight is 348 g/mol. The molecule has 0 bridgehead atoms. The molecule has 0 aromatic carbocycles. The molecule has 23 heavy (non-hydrogen) atoms. The molecule has 0 spiro atoms. The first-order valence-electron chi connectivity index (χ1n) is 7.26. The van der Waals surface area contributed by atoms with E-state index in [1.165, 1.54) is 11.3 Å². The van der Waals surface area contributed by atoms with E-state index in [1.54, 1.807) is 11.3 Å². The van der Waals surface area contributed by atoms with E-state index >= 15 is 0 Å². The van der Waals surface area contributed by atoms with Gasteiger partial charge in [-0.15, -0.1) is 21.5 Å². The summed E-state index contributed by atoms with van der Waals surface area (Å²) >= 11 is 3.07. The smallest absolute Gasteiger partial charge is 0.248 e. The summed E-state index contributed by atoms with van der Waals surface area (Å²) in [4.78, 5) is 17.5. The molecular formula is C15H16N4O2S2. The number of amides is 1. The zero-order chi connectivity index (χ0) is 16.2. The van der Waals surface area contributed by atoms with Gasteiger partial charge in [-0.3, -0.25) is 4.79 Å². The first kappa shape index (κ1) is 15.8. The lowest BCUT2D eigenvalue weighted by Gasteiger charge is -1.99. The topological polar surface area (TPSA) is 80.9 Å². The highest BCUT2D eigenvalue weighted by atomic mass is 32.1. The Morgan fingerprint density at radius 1 is 1.39 bits per heavy atom. The SMILES string of the molecule is CCc1nc(NC(=O)CCc2nnc(-c3ccsc3)o2)sc1C. The molecule has 3 aromatic heterocycles. The van der Waals surface area contributed by atoms with Crippen LogP contribution in [0, 0.1) is 6.92 Å². The van der Waals surface area contributed by atoms with Crippen molar-refractivity contribution in [1.29, 1.82) is 0 Å². The Morgan fingerprint density at radius 2 is 2.26 bits per heavy atom. The van der Waals surface area contributed by atoms with Gasteiger partial charge in [-0.25, -0.2) is 4.98 Å². The van der Waals surface area contributed by atoms with E-state index in [0.29, 0.717) is 23.3 Å². The number of thiophene rings is 1. The Balaban J connectivity index is 1.54. The maximum absolute atomic E-state index is 12.0. The Kier molecular flexibility index (Phi) is 4.82. The summed E-state index contributed by atoms with van der Waals surface area (Å²) in [6.45, 7) is 4.06. The van der Waals surface area contributed by atoms with Crippen molar-refractivity contribution < 1.29 is 9.21 Å². The fourth-order valence-electron chi connectivity index (χ4n) is 2.07. The summed E-state index contributed by atoms with van der Waals surface area (Å²) in [7, 11) is 0. The Labute approximate surface area is 141 Å². The van der Waals surface area contributed by atoms with Crippen LogP contribution in [0.15, 0.2) is 21.2 Å². The number of nitrogens with one attached hydrogen (secondary N) is 1. The van der Waals surface area contributed by atoms with Crippen molar-refractivity contribution >= 4 is 33.7 Å². The van der Waals surface area contributed by atoms with Crippen LogP contribution >= 0.6 is 22.7 Å². The molecule has 6 nitrogen and oxygen atoms in total. The molecule has 0 saturated heterocycles. The monoisotopic (exact) mass is 348 g/mol. The lowest BCUT2D eigenvalue weighted by atomic mass is 10.3. The first-order valence-corrected chi connectivity index (χ1v) is 9.02. The van der Waals surface area contributed by atoms with Crippen molar-refractivity contribution in [1.82, 2.24) is 15.2 Å². The Bertz CT molecular complexity index is 792. The molecule has 8 heteroatoms. The predicted octanol–water partition coefficient (Wildman–Crippen LogP) is 3.70. The number of carbonyl (C=O) groups is 1. The first-order chi connectivity index (χ1) is 11.2. The lowest BCUT2D eigenvalue weighted by molar-refractivity contribution is -0.116. The van der Waals surface area contributed by atoms with Gasteiger partial charge < -0.3 is 9.73 Å². The number of aryl methyl sites for hydroxylation is 3. The minimum Gasteiger partial charge on any atom is -0.421 e.